The minimum atomic E-state index is 0. The Labute approximate surface area is 148 Å². The van der Waals surface area contributed by atoms with Crippen molar-refractivity contribution < 1.29 is 9.53 Å². The van der Waals surface area contributed by atoms with E-state index in [0.29, 0.717) is 28.3 Å². The first kappa shape index (κ1) is 18.4. The number of carbonyl (C=O) groups is 1. The van der Waals surface area contributed by atoms with Crippen LogP contribution in [0, 0.1) is 5.92 Å². The van der Waals surface area contributed by atoms with Crippen LogP contribution in [0.5, 0.6) is 5.75 Å². The van der Waals surface area contributed by atoms with Gasteiger partial charge in [0.15, 0.2) is 0 Å². The monoisotopic (exact) mass is 358 g/mol. The molecular weight excluding hydrogens is 335 g/mol. The van der Waals surface area contributed by atoms with Crippen LogP contribution in [0.1, 0.15) is 36.0 Å². The van der Waals surface area contributed by atoms with Crippen LogP contribution in [0.15, 0.2) is 18.2 Å². The van der Waals surface area contributed by atoms with Gasteiger partial charge in [0.2, 0.25) is 0 Å². The standard InChI is InChI=1S/C17H23ClN2O2.ClH/c1-22-16-5-4-13(18)11-14(16)17(21)20-9-6-12(7-10-20)15-3-2-8-19-15;/h4-5,11-12,15,19H,2-3,6-10H2,1H3;1H. The average Bonchev–Trinajstić information content (AvgIpc) is 3.09. The highest BCUT2D eigenvalue weighted by Gasteiger charge is 2.30. The number of amides is 1. The van der Waals surface area contributed by atoms with Gasteiger partial charge in [0.1, 0.15) is 5.75 Å². The SMILES string of the molecule is COc1ccc(Cl)cc1C(=O)N1CCC(C2CCCN2)CC1.Cl. The highest BCUT2D eigenvalue weighted by atomic mass is 35.5. The van der Waals surface area contributed by atoms with E-state index in [1.54, 1.807) is 25.3 Å². The molecule has 1 amide bonds. The van der Waals surface area contributed by atoms with Gasteiger partial charge in [-0.15, -0.1) is 12.4 Å². The van der Waals surface area contributed by atoms with Gasteiger partial charge < -0.3 is 15.0 Å². The number of nitrogens with one attached hydrogen (secondary N) is 1. The van der Waals surface area contributed by atoms with Crippen LogP contribution in [0.2, 0.25) is 5.02 Å². The van der Waals surface area contributed by atoms with Crippen molar-refractivity contribution in [1.29, 1.82) is 0 Å². The fourth-order valence-corrected chi connectivity index (χ4v) is 3.81. The Balaban J connectivity index is 0.00000192. The summed E-state index contributed by atoms with van der Waals surface area (Å²) in [4.78, 5) is 14.7. The Kier molecular flexibility index (Phi) is 6.57. The van der Waals surface area contributed by atoms with Crippen LogP contribution in [0.4, 0.5) is 0 Å². The molecule has 1 aromatic rings. The number of benzene rings is 1. The van der Waals surface area contributed by atoms with Crippen LogP contribution < -0.4 is 10.1 Å². The van der Waals surface area contributed by atoms with Gasteiger partial charge >= 0.3 is 0 Å². The van der Waals surface area contributed by atoms with E-state index in [-0.39, 0.29) is 18.3 Å². The van der Waals surface area contributed by atoms with Gasteiger partial charge in [0.05, 0.1) is 12.7 Å². The Bertz CT molecular complexity index is 539. The van der Waals surface area contributed by atoms with Crippen molar-refractivity contribution in [1.82, 2.24) is 10.2 Å². The van der Waals surface area contributed by atoms with E-state index in [1.165, 1.54) is 12.8 Å². The molecule has 0 spiro atoms. The molecule has 2 fully saturated rings. The molecule has 4 nitrogen and oxygen atoms in total. The predicted octanol–water partition coefficient (Wildman–Crippen LogP) is 3.37. The summed E-state index contributed by atoms with van der Waals surface area (Å²) in [5, 5.41) is 4.15. The first-order chi connectivity index (χ1) is 10.7. The molecule has 2 saturated heterocycles. The van der Waals surface area contributed by atoms with Crippen LogP contribution in [0.3, 0.4) is 0 Å². The number of halogens is 2. The summed E-state index contributed by atoms with van der Waals surface area (Å²) in [6.45, 7) is 2.78. The van der Waals surface area contributed by atoms with Crippen molar-refractivity contribution in [2.24, 2.45) is 5.92 Å². The molecule has 6 heteroatoms. The summed E-state index contributed by atoms with van der Waals surface area (Å²) in [6.07, 6.45) is 4.71. The van der Waals surface area contributed by atoms with Crippen LogP contribution in [-0.2, 0) is 0 Å². The maximum atomic E-state index is 12.7. The molecule has 1 aromatic carbocycles. The molecule has 1 unspecified atom stereocenters. The van der Waals surface area contributed by atoms with Crippen LogP contribution >= 0.6 is 24.0 Å². The maximum absolute atomic E-state index is 12.7. The smallest absolute Gasteiger partial charge is 0.257 e. The summed E-state index contributed by atoms with van der Waals surface area (Å²) in [6, 6.07) is 5.85. The first-order valence-corrected chi connectivity index (χ1v) is 8.43. The number of likely N-dealkylation sites (tertiary alicyclic amines) is 1. The van der Waals surface area contributed by atoms with E-state index < -0.39 is 0 Å². The highest BCUT2D eigenvalue weighted by Crippen LogP contribution is 2.29. The fraction of sp³-hybridized carbons (Fsp3) is 0.588. The molecule has 2 aliphatic heterocycles. The number of piperidine rings is 1. The molecule has 2 aliphatic rings. The number of methoxy groups -OCH3 is 1. The predicted molar refractivity (Wildman–Crippen MR) is 94.9 cm³/mol. The van der Waals surface area contributed by atoms with Gasteiger partial charge in [-0.25, -0.2) is 0 Å². The zero-order chi connectivity index (χ0) is 15.5. The topological polar surface area (TPSA) is 41.6 Å². The lowest BCUT2D eigenvalue weighted by atomic mass is 9.88. The lowest BCUT2D eigenvalue weighted by Gasteiger charge is -2.35. The van der Waals surface area contributed by atoms with Crippen molar-refractivity contribution in [3.8, 4) is 5.75 Å². The second-order valence-electron chi connectivity index (χ2n) is 6.18. The number of carbonyl (C=O) groups excluding carboxylic acids is 1. The number of hydrogen-bond acceptors (Lipinski definition) is 3. The summed E-state index contributed by atoms with van der Waals surface area (Å²) in [5.41, 5.74) is 0.562. The van der Waals surface area contributed by atoms with Crippen molar-refractivity contribution in [3.63, 3.8) is 0 Å². The Morgan fingerprint density at radius 3 is 2.65 bits per heavy atom. The van der Waals surface area contributed by atoms with Gasteiger partial charge in [0, 0.05) is 24.2 Å². The van der Waals surface area contributed by atoms with E-state index in [9.17, 15) is 4.79 Å². The number of rotatable bonds is 3. The Hall–Kier alpha value is -0.970. The van der Waals surface area contributed by atoms with E-state index >= 15 is 0 Å². The quantitative estimate of drug-likeness (QED) is 0.900. The van der Waals surface area contributed by atoms with Crippen molar-refractivity contribution in [2.75, 3.05) is 26.7 Å². The molecule has 0 aromatic heterocycles. The molecule has 0 aliphatic carbocycles. The summed E-state index contributed by atoms with van der Waals surface area (Å²) < 4.78 is 5.30. The molecule has 23 heavy (non-hydrogen) atoms. The molecule has 1 N–H and O–H groups in total. The fourth-order valence-electron chi connectivity index (χ4n) is 3.64. The van der Waals surface area contributed by atoms with Crippen LogP contribution in [0.25, 0.3) is 0 Å². The van der Waals surface area contributed by atoms with E-state index in [2.05, 4.69) is 5.32 Å². The number of ether oxygens (including phenoxy) is 1. The number of nitrogens with zero attached hydrogens (tertiary/aromatic N) is 1. The normalized spacial score (nSPS) is 21.8. The third-order valence-electron chi connectivity index (χ3n) is 4.89. The van der Waals surface area contributed by atoms with Crippen LogP contribution in [-0.4, -0.2) is 43.6 Å². The largest absolute Gasteiger partial charge is 0.496 e. The second kappa shape index (κ2) is 8.22. The third-order valence-corrected chi connectivity index (χ3v) is 5.12. The van der Waals surface area contributed by atoms with Crippen molar-refractivity contribution in [3.05, 3.63) is 28.8 Å². The second-order valence-corrected chi connectivity index (χ2v) is 6.61. The maximum Gasteiger partial charge on any atom is 0.257 e. The molecular formula is C17H24Cl2N2O2. The molecule has 128 valence electrons. The van der Waals surface area contributed by atoms with E-state index in [4.69, 9.17) is 16.3 Å². The average molecular weight is 359 g/mol. The molecule has 0 radical (unpaired) electrons. The zero-order valence-corrected chi connectivity index (χ0v) is 15.0. The van der Waals surface area contributed by atoms with E-state index in [0.717, 1.165) is 32.5 Å². The molecule has 0 bridgehead atoms. The summed E-state index contributed by atoms with van der Waals surface area (Å²) in [7, 11) is 1.58. The van der Waals surface area contributed by atoms with Gasteiger partial charge in [-0.05, 0) is 56.3 Å². The van der Waals surface area contributed by atoms with Crippen molar-refractivity contribution >= 4 is 29.9 Å². The Morgan fingerprint density at radius 2 is 2.04 bits per heavy atom. The summed E-state index contributed by atoms with van der Waals surface area (Å²) >= 11 is 6.03. The summed E-state index contributed by atoms with van der Waals surface area (Å²) in [5.74, 6) is 1.32. The lowest BCUT2D eigenvalue weighted by Crippen LogP contribution is -2.43. The van der Waals surface area contributed by atoms with Gasteiger partial charge in [0.25, 0.3) is 5.91 Å². The molecule has 3 rings (SSSR count). The minimum Gasteiger partial charge on any atom is -0.496 e. The highest BCUT2D eigenvalue weighted by molar-refractivity contribution is 6.31. The zero-order valence-electron chi connectivity index (χ0n) is 13.4. The molecule has 2 heterocycles. The number of hydrogen-bond donors (Lipinski definition) is 1. The van der Waals surface area contributed by atoms with E-state index in [1.807, 2.05) is 4.90 Å². The molecule has 1 atom stereocenters. The van der Waals surface area contributed by atoms with Gasteiger partial charge in [-0.1, -0.05) is 11.6 Å². The van der Waals surface area contributed by atoms with Crippen molar-refractivity contribution in [2.45, 2.75) is 31.7 Å². The van der Waals surface area contributed by atoms with Gasteiger partial charge in [-0.3, -0.25) is 4.79 Å². The molecule has 0 saturated carbocycles. The Morgan fingerprint density at radius 1 is 1.30 bits per heavy atom. The van der Waals surface area contributed by atoms with Gasteiger partial charge in [-0.2, -0.15) is 0 Å². The third kappa shape index (κ3) is 4.11. The minimum absolute atomic E-state index is 0. The lowest BCUT2D eigenvalue weighted by molar-refractivity contribution is 0.0671. The first-order valence-electron chi connectivity index (χ1n) is 8.05.